The van der Waals surface area contributed by atoms with Crippen molar-refractivity contribution in [2.75, 3.05) is 13.1 Å². The maximum atomic E-state index is 13.1. The molecule has 1 N–H and O–H groups in total. The lowest BCUT2D eigenvalue weighted by Gasteiger charge is -2.39. The summed E-state index contributed by atoms with van der Waals surface area (Å²) in [7, 11) is 0. The number of halogens is 2. The van der Waals surface area contributed by atoms with E-state index >= 15 is 0 Å². The van der Waals surface area contributed by atoms with E-state index in [1.165, 1.54) is 24.3 Å². The molecule has 0 bridgehead atoms. The van der Waals surface area contributed by atoms with Gasteiger partial charge >= 0.3 is 5.97 Å². The van der Waals surface area contributed by atoms with Gasteiger partial charge in [0.2, 0.25) is 0 Å². The highest BCUT2D eigenvalue weighted by Crippen LogP contribution is 2.39. The summed E-state index contributed by atoms with van der Waals surface area (Å²) in [5.74, 6) is -1.38. The van der Waals surface area contributed by atoms with Crippen LogP contribution in [0, 0.1) is 17.0 Å². The number of aliphatic carboxylic acids is 1. The molecule has 1 unspecified atom stereocenters. The lowest BCUT2D eigenvalue weighted by molar-refractivity contribution is -0.155. The van der Waals surface area contributed by atoms with Crippen molar-refractivity contribution < 1.29 is 23.5 Å². The van der Waals surface area contributed by atoms with Crippen molar-refractivity contribution in [3.8, 4) is 0 Å². The second kappa shape index (κ2) is 8.52. The summed E-state index contributed by atoms with van der Waals surface area (Å²) in [6.45, 7) is 1.98. The van der Waals surface area contributed by atoms with E-state index in [0.717, 1.165) is 11.1 Å². The number of oxime groups is 1. The fourth-order valence-corrected chi connectivity index (χ4v) is 4.28. The van der Waals surface area contributed by atoms with Crippen LogP contribution in [-0.4, -0.2) is 40.9 Å². The molecule has 2 aliphatic rings. The molecule has 0 spiro atoms. The Hall–Kier alpha value is -2.80. The molecular weight excluding hydrogens is 390 g/mol. The number of rotatable bonds is 6. The Kier molecular flexibility index (Phi) is 5.81. The van der Waals surface area contributed by atoms with Gasteiger partial charge in [-0.15, -0.1) is 0 Å². The van der Waals surface area contributed by atoms with Crippen molar-refractivity contribution in [3.05, 3.63) is 71.3 Å². The second-order valence-corrected chi connectivity index (χ2v) is 8.17. The third-order valence-corrected chi connectivity index (χ3v) is 6.12. The molecule has 0 aliphatic carbocycles. The summed E-state index contributed by atoms with van der Waals surface area (Å²) >= 11 is 0. The molecule has 0 amide bonds. The minimum atomic E-state index is -0.849. The Bertz CT molecular complexity index is 920. The van der Waals surface area contributed by atoms with Crippen LogP contribution >= 0.6 is 0 Å². The van der Waals surface area contributed by atoms with E-state index in [9.17, 15) is 18.7 Å². The molecule has 1 atom stereocenters. The van der Waals surface area contributed by atoms with E-state index in [1.54, 1.807) is 24.3 Å². The largest absolute Gasteiger partial charge is 0.481 e. The normalized spacial score (nSPS) is 21.1. The Morgan fingerprint density at radius 1 is 1.07 bits per heavy atom. The molecule has 5 nitrogen and oxygen atoms in total. The van der Waals surface area contributed by atoms with Gasteiger partial charge in [-0.2, -0.15) is 0 Å². The van der Waals surface area contributed by atoms with Crippen molar-refractivity contribution in [3.63, 3.8) is 0 Å². The van der Waals surface area contributed by atoms with Crippen molar-refractivity contribution in [2.24, 2.45) is 10.6 Å². The number of nitrogens with zero attached hydrogens (tertiary/aromatic N) is 2. The summed E-state index contributed by atoms with van der Waals surface area (Å²) in [5.41, 5.74) is 1.67. The fourth-order valence-electron chi connectivity index (χ4n) is 4.28. The van der Waals surface area contributed by atoms with Gasteiger partial charge in [0.05, 0.1) is 11.1 Å². The van der Waals surface area contributed by atoms with Crippen LogP contribution in [0.15, 0.2) is 53.7 Å². The maximum Gasteiger partial charge on any atom is 0.309 e. The first kappa shape index (κ1) is 20.5. The summed E-state index contributed by atoms with van der Waals surface area (Å²) in [6, 6.07) is 12.5. The first-order valence-corrected chi connectivity index (χ1v) is 10.1. The van der Waals surface area contributed by atoms with Gasteiger partial charge in [-0.1, -0.05) is 29.4 Å². The fraction of sp³-hybridized carbons (Fsp3) is 0.391. The van der Waals surface area contributed by atoms with Crippen LogP contribution in [0.5, 0.6) is 0 Å². The number of piperidine rings is 1. The Balaban J connectivity index is 1.35. The molecular formula is C23H24F2N2O3. The van der Waals surface area contributed by atoms with Gasteiger partial charge in [0, 0.05) is 19.4 Å². The number of likely N-dealkylation sites (tertiary alicyclic amines) is 1. The van der Waals surface area contributed by atoms with E-state index in [0.29, 0.717) is 51.0 Å². The first-order valence-electron chi connectivity index (χ1n) is 10.1. The van der Waals surface area contributed by atoms with Crippen LogP contribution in [0.25, 0.3) is 0 Å². The van der Waals surface area contributed by atoms with Crippen LogP contribution in [0.3, 0.4) is 0 Å². The molecule has 4 rings (SSSR count). The van der Waals surface area contributed by atoms with E-state index in [4.69, 9.17) is 4.84 Å². The third kappa shape index (κ3) is 4.51. The predicted octanol–water partition coefficient (Wildman–Crippen LogP) is 4.21. The Morgan fingerprint density at radius 2 is 1.67 bits per heavy atom. The van der Waals surface area contributed by atoms with Gasteiger partial charge in [0.15, 0.2) is 0 Å². The van der Waals surface area contributed by atoms with Crippen molar-refractivity contribution >= 4 is 11.7 Å². The lowest BCUT2D eigenvalue weighted by Crippen LogP contribution is -2.45. The minimum absolute atomic E-state index is 0.263. The van der Waals surface area contributed by atoms with Crippen LogP contribution in [0.2, 0.25) is 0 Å². The van der Waals surface area contributed by atoms with E-state index in [-0.39, 0.29) is 17.7 Å². The molecule has 1 fully saturated rings. The number of carboxylic acid groups (broad SMARTS) is 1. The van der Waals surface area contributed by atoms with E-state index in [1.807, 2.05) is 0 Å². The SMILES string of the molecule is O=C(O)C1(CC2CC(c3ccc(F)cc3)=NO2)CCN(Cc2ccc(F)cc2)CC1. The number of carbonyl (C=O) groups is 1. The minimum Gasteiger partial charge on any atom is -0.481 e. The van der Waals surface area contributed by atoms with Crippen molar-refractivity contribution in [1.82, 2.24) is 4.90 Å². The monoisotopic (exact) mass is 414 g/mol. The maximum absolute atomic E-state index is 13.1. The molecule has 0 saturated carbocycles. The summed E-state index contributed by atoms with van der Waals surface area (Å²) < 4.78 is 26.2. The van der Waals surface area contributed by atoms with Crippen LogP contribution in [0.1, 0.15) is 36.8 Å². The van der Waals surface area contributed by atoms with Crippen LogP contribution in [-0.2, 0) is 16.2 Å². The molecule has 2 aromatic carbocycles. The first-order chi connectivity index (χ1) is 14.4. The molecule has 158 valence electrons. The van der Waals surface area contributed by atoms with Crippen molar-refractivity contribution in [1.29, 1.82) is 0 Å². The molecule has 0 aromatic heterocycles. The highest BCUT2D eigenvalue weighted by molar-refractivity contribution is 6.01. The van der Waals surface area contributed by atoms with Gasteiger partial charge in [0.1, 0.15) is 17.7 Å². The number of carboxylic acids is 1. The number of hydrogen-bond acceptors (Lipinski definition) is 4. The Labute approximate surface area is 174 Å². The lowest BCUT2D eigenvalue weighted by atomic mass is 9.73. The highest BCUT2D eigenvalue weighted by atomic mass is 19.1. The zero-order valence-electron chi connectivity index (χ0n) is 16.6. The molecule has 2 aliphatic heterocycles. The molecule has 0 radical (unpaired) electrons. The van der Waals surface area contributed by atoms with Crippen LogP contribution in [0.4, 0.5) is 8.78 Å². The standard InChI is InChI=1S/C23H24F2N2O3/c24-18-5-1-16(2-6-18)15-27-11-9-23(10-12-27,22(28)29)14-20-13-21(26-30-20)17-3-7-19(25)8-4-17/h1-8,20H,9-15H2,(H,28,29). The summed E-state index contributed by atoms with van der Waals surface area (Å²) in [5, 5.41) is 14.1. The van der Waals surface area contributed by atoms with E-state index < -0.39 is 11.4 Å². The zero-order chi connectivity index (χ0) is 21.1. The topological polar surface area (TPSA) is 62.1 Å². The number of benzene rings is 2. The zero-order valence-corrected chi connectivity index (χ0v) is 16.6. The average Bonchev–Trinajstić information content (AvgIpc) is 3.20. The quantitative estimate of drug-likeness (QED) is 0.769. The van der Waals surface area contributed by atoms with Gasteiger partial charge in [-0.25, -0.2) is 8.78 Å². The number of hydrogen-bond donors (Lipinski definition) is 1. The van der Waals surface area contributed by atoms with Crippen LogP contribution < -0.4 is 0 Å². The van der Waals surface area contributed by atoms with Gasteiger partial charge < -0.3 is 9.94 Å². The predicted molar refractivity (Wildman–Crippen MR) is 108 cm³/mol. The Morgan fingerprint density at radius 3 is 2.27 bits per heavy atom. The van der Waals surface area contributed by atoms with Gasteiger partial charge in [-0.05, 0) is 61.3 Å². The smallest absolute Gasteiger partial charge is 0.309 e. The molecule has 2 aromatic rings. The molecule has 1 saturated heterocycles. The third-order valence-electron chi connectivity index (χ3n) is 6.12. The molecule has 30 heavy (non-hydrogen) atoms. The van der Waals surface area contributed by atoms with E-state index in [2.05, 4.69) is 10.1 Å². The van der Waals surface area contributed by atoms with Gasteiger partial charge in [-0.3, -0.25) is 9.69 Å². The molecule has 2 heterocycles. The summed E-state index contributed by atoms with van der Waals surface area (Å²) in [6.07, 6.45) is 1.65. The molecule has 7 heteroatoms. The van der Waals surface area contributed by atoms with Gasteiger partial charge in [0.25, 0.3) is 0 Å². The summed E-state index contributed by atoms with van der Waals surface area (Å²) in [4.78, 5) is 19.9. The second-order valence-electron chi connectivity index (χ2n) is 8.17. The highest BCUT2D eigenvalue weighted by Gasteiger charge is 2.44. The van der Waals surface area contributed by atoms with Crippen molar-refractivity contribution in [2.45, 2.75) is 38.3 Å². The average molecular weight is 414 g/mol.